The van der Waals surface area contributed by atoms with Gasteiger partial charge in [0.25, 0.3) is 0 Å². The number of hydrogen-bond acceptors (Lipinski definition) is 4. The number of carbonyl (C=O) groups is 1. The van der Waals surface area contributed by atoms with E-state index in [2.05, 4.69) is 44.3 Å². The fraction of sp³-hybridized carbons (Fsp3) is 0.519. The lowest BCUT2D eigenvalue weighted by Crippen LogP contribution is -2.35. The van der Waals surface area contributed by atoms with Crippen LogP contribution in [0.2, 0.25) is 0 Å². The van der Waals surface area contributed by atoms with E-state index in [-0.39, 0.29) is 23.9 Å². The summed E-state index contributed by atoms with van der Waals surface area (Å²) in [7, 11) is 1.20. The van der Waals surface area contributed by atoms with E-state index in [9.17, 15) is 18.0 Å². The summed E-state index contributed by atoms with van der Waals surface area (Å²) in [5.41, 5.74) is 0.300. The van der Waals surface area contributed by atoms with Crippen LogP contribution in [0.25, 0.3) is 10.8 Å². The zero-order valence-corrected chi connectivity index (χ0v) is 20.7. The molecule has 2 rings (SSSR count). The minimum absolute atomic E-state index is 0.0794. The van der Waals surface area contributed by atoms with Crippen molar-refractivity contribution < 1.29 is 27.4 Å². The lowest BCUT2D eigenvalue weighted by atomic mass is 9.76. The Kier molecular flexibility index (Phi) is 9.56. The van der Waals surface area contributed by atoms with Gasteiger partial charge in [0.1, 0.15) is 11.8 Å². The van der Waals surface area contributed by atoms with E-state index < -0.39 is 18.2 Å². The molecule has 2 aromatic carbocycles. The summed E-state index contributed by atoms with van der Waals surface area (Å²) in [5, 5.41) is 3.85. The molecule has 0 amide bonds. The fourth-order valence-electron chi connectivity index (χ4n) is 4.13. The Bertz CT molecular complexity index is 979. The van der Waals surface area contributed by atoms with Gasteiger partial charge in [-0.3, -0.25) is 4.79 Å². The van der Waals surface area contributed by atoms with E-state index in [0.29, 0.717) is 22.8 Å². The zero-order valence-electron chi connectivity index (χ0n) is 20.7. The van der Waals surface area contributed by atoms with Crippen molar-refractivity contribution in [1.82, 2.24) is 5.32 Å². The smallest absolute Gasteiger partial charge is 0.407 e. The van der Waals surface area contributed by atoms with Crippen LogP contribution in [0.1, 0.15) is 65.0 Å². The van der Waals surface area contributed by atoms with Gasteiger partial charge in [-0.2, -0.15) is 13.2 Å². The van der Waals surface area contributed by atoms with E-state index in [0.717, 1.165) is 24.6 Å². The van der Waals surface area contributed by atoms with Crippen molar-refractivity contribution in [1.29, 1.82) is 0 Å². The van der Waals surface area contributed by atoms with Crippen molar-refractivity contribution in [3.63, 3.8) is 0 Å². The van der Waals surface area contributed by atoms with Crippen molar-refractivity contribution >= 4 is 16.7 Å². The molecule has 1 unspecified atom stereocenters. The average molecular weight is 480 g/mol. The van der Waals surface area contributed by atoms with Gasteiger partial charge in [0.2, 0.25) is 0 Å². The van der Waals surface area contributed by atoms with Gasteiger partial charge in [-0.25, -0.2) is 0 Å². The zero-order chi connectivity index (χ0) is 25.5. The first-order valence-electron chi connectivity index (χ1n) is 11.6. The summed E-state index contributed by atoms with van der Waals surface area (Å²) in [6.07, 6.45) is -1.83. The molecular formula is C27H36F3NO3. The summed E-state index contributed by atoms with van der Waals surface area (Å²) >= 11 is 0. The summed E-state index contributed by atoms with van der Waals surface area (Å²) < 4.78 is 51.3. The Morgan fingerprint density at radius 1 is 1.06 bits per heavy atom. The van der Waals surface area contributed by atoms with Gasteiger partial charge in [0, 0.05) is 13.0 Å². The second-order valence-electron chi connectivity index (χ2n) is 9.67. The largest absolute Gasteiger partial charge is 0.469 e. The Hall–Kier alpha value is -2.54. The summed E-state index contributed by atoms with van der Waals surface area (Å²) in [4.78, 5) is 11.2. The second-order valence-corrected chi connectivity index (χ2v) is 9.67. The number of esters is 1. The van der Waals surface area contributed by atoms with Crippen LogP contribution in [0, 0.1) is 11.3 Å². The monoisotopic (exact) mass is 479 g/mol. The van der Waals surface area contributed by atoms with Crippen molar-refractivity contribution in [2.75, 3.05) is 13.7 Å². The Morgan fingerprint density at radius 3 is 2.29 bits per heavy atom. The van der Waals surface area contributed by atoms with Gasteiger partial charge in [-0.05, 0) is 52.3 Å². The molecule has 0 saturated heterocycles. The average Bonchev–Trinajstić information content (AvgIpc) is 2.74. The topological polar surface area (TPSA) is 47.6 Å². The third-order valence-electron chi connectivity index (χ3n) is 6.15. The molecule has 34 heavy (non-hydrogen) atoms. The molecule has 0 radical (unpaired) electrons. The van der Waals surface area contributed by atoms with Crippen LogP contribution < -0.4 is 10.1 Å². The normalized spacial score (nSPS) is 14.0. The maximum Gasteiger partial charge on any atom is 0.407 e. The number of fused-ring (bicyclic) bond motifs is 1. The van der Waals surface area contributed by atoms with Crippen LogP contribution >= 0.6 is 0 Å². The number of methoxy groups -OCH3 is 1. The molecule has 0 aliphatic carbocycles. The predicted molar refractivity (Wildman–Crippen MR) is 130 cm³/mol. The minimum atomic E-state index is -4.51. The van der Waals surface area contributed by atoms with Gasteiger partial charge >= 0.3 is 12.1 Å². The number of rotatable bonds is 11. The molecule has 0 aliphatic rings. The van der Waals surface area contributed by atoms with Crippen molar-refractivity contribution in [3.8, 4) is 5.75 Å². The Labute approximate surface area is 200 Å². The standard InChI is InChI=1S/C27H36F3NO3/c1-7-22(26(3,4)5)12-8-18(2)34-23-13-11-19-16-21(10-9-20(19)17-23)25(27(28,29)30)31-15-14-24(32)33-6/h9-11,13,16-17,22,25,31H,2,7-8,12,14-15H2,1,3-6H3/t22-,25?/m1/s1. The van der Waals surface area contributed by atoms with Crippen LogP contribution in [0.15, 0.2) is 48.7 Å². The van der Waals surface area contributed by atoms with Crippen LogP contribution in [0.5, 0.6) is 5.75 Å². The molecule has 0 spiro atoms. The molecule has 0 aromatic heterocycles. The first-order valence-corrected chi connectivity index (χ1v) is 11.6. The second kappa shape index (κ2) is 11.7. The van der Waals surface area contributed by atoms with Crippen LogP contribution in [-0.4, -0.2) is 25.8 Å². The maximum absolute atomic E-state index is 13.6. The third-order valence-corrected chi connectivity index (χ3v) is 6.15. The van der Waals surface area contributed by atoms with Gasteiger partial charge in [-0.15, -0.1) is 0 Å². The molecule has 1 N–H and O–H groups in total. The number of ether oxygens (including phenoxy) is 2. The van der Waals surface area contributed by atoms with Gasteiger partial charge in [0.15, 0.2) is 0 Å². The SMILES string of the molecule is C=C(CC[C@@H](CC)C(C)(C)C)Oc1ccc2cc(C(NCCC(=O)OC)C(F)(F)F)ccc2c1. The molecule has 4 nitrogen and oxygen atoms in total. The number of halogens is 3. The Morgan fingerprint density at radius 2 is 1.71 bits per heavy atom. The molecule has 2 aromatic rings. The molecule has 0 heterocycles. The number of benzene rings is 2. The van der Waals surface area contributed by atoms with Crippen LogP contribution in [0.4, 0.5) is 13.2 Å². The first kappa shape index (κ1) is 27.7. The predicted octanol–water partition coefficient (Wildman–Crippen LogP) is 7.34. The van der Waals surface area contributed by atoms with E-state index >= 15 is 0 Å². The van der Waals surface area contributed by atoms with E-state index in [4.69, 9.17) is 4.74 Å². The van der Waals surface area contributed by atoms with Gasteiger partial charge < -0.3 is 14.8 Å². The molecule has 0 fully saturated rings. The highest BCUT2D eigenvalue weighted by Crippen LogP contribution is 2.35. The summed E-state index contributed by atoms with van der Waals surface area (Å²) in [5.74, 6) is 1.28. The molecule has 2 atom stereocenters. The number of nitrogens with one attached hydrogen (secondary N) is 1. The lowest BCUT2D eigenvalue weighted by Gasteiger charge is -2.30. The summed E-state index contributed by atoms with van der Waals surface area (Å²) in [6, 6.07) is 8.00. The number of carbonyl (C=O) groups excluding carboxylic acids is 1. The maximum atomic E-state index is 13.6. The minimum Gasteiger partial charge on any atom is -0.469 e. The number of allylic oxidation sites excluding steroid dienone is 1. The molecular weight excluding hydrogens is 443 g/mol. The highest BCUT2D eigenvalue weighted by Gasteiger charge is 2.40. The van der Waals surface area contributed by atoms with Crippen molar-refractivity contribution in [3.05, 3.63) is 54.3 Å². The molecule has 7 heteroatoms. The Balaban J connectivity index is 2.10. The fourth-order valence-corrected chi connectivity index (χ4v) is 4.13. The van der Waals surface area contributed by atoms with E-state index in [1.54, 1.807) is 24.3 Å². The highest BCUT2D eigenvalue weighted by molar-refractivity contribution is 5.84. The quantitative estimate of drug-likeness (QED) is 0.271. The molecule has 0 saturated carbocycles. The molecule has 188 valence electrons. The molecule has 0 aliphatic heterocycles. The third kappa shape index (κ3) is 8.05. The van der Waals surface area contributed by atoms with Gasteiger partial charge in [0.05, 0.1) is 19.3 Å². The van der Waals surface area contributed by atoms with Crippen molar-refractivity contribution in [2.24, 2.45) is 11.3 Å². The number of alkyl halides is 3. The van der Waals surface area contributed by atoms with Crippen LogP contribution in [0.3, 0.4) is 0 Å². The lowest BCUT2D eigenvalue weighted by molar-refractivity contribution is -0.158. The van der Waals surface area contributed by atoms with E-state index in [1.807, 2.05) is 0 Å². The summed E-state index contributed by atoms with van der Waals surface area (Å²) in [6.45, 7) is 12.8. The van der Waals surface area contributed by atoms with E-state index in [1.165, 1.54) is 19.2 Å². The van der Waals surface area contributed by atoms with Crippen LogP contribution in [-0.2, 0) is 9.53 Å². The highest BCUT2D eigenvalue weighted by atomic mass is 19.4. The number of hydrogen-bond donors (Lipinski definition) is 1. The first-order chi connectivity index (χ1) is 15.8. The van der Waals surface area contributed by atoms with Crippen molar-refractivity contribution in [2.45, 2.75) is 65.6 Å². The molecule has 0 bridgehead atoms. The van der Waals surface area contributed by atoms with Gasteiger partial charge in [-0.1, -0.05) is 58.9 Å².